The number of hydrogen-bond acceptors (Lipinski definition) is 2. The molecular formula is C15H24O2. The van der Waals surface area contributed by atoms with E-state index in [0.29, 0.717) is 24.2 Å². The van der Waals surface area contributed by atoms with Crippen LogP contribution in [-0.4, -0.2) is 18.5 Å². The first-order chi connectivity index (χ1) is 8.10. The summed E-state index contributed by atoms with van der Waals surface area (Å²) in [5.74, 6) is 1.84. The zero-order valence-corrected chi connectivity index (χ0v) is 11.1. The van der Waals surface area contributed by atoms with Gasteiger partial charge in [-0.2, -0.15) is 0 Å². The van der Waals surface area contributed by atoms with E-state index in [9.17, 15) is 4.79 Å². The van der Waals surface area contributed by atoms with Gasteiger partial charge in [0, 0.05) is 12.3 Å². The van der Waals surface area contributed by atoms with Crippen molar-refractivity contribution in [3.05, 3.63) is 12.2 Å². The molecule has 1 aliphatic heterocycles. The highest BCUT2D eigenvalue weighted by atomic mass is 16.5. The van der Waals surface area contributed by atoms with Gasteiger partial charge in [-0.05, 0) is 44.4 Å². The quantitative estimate of drug-likeness (QED) is 0.552. The van der Waals surface area contributed by atoms with Gasteiger partial charge in [0.1, 0.15) is 6.29 Å². The van der Waals surface area contributed by atoms with Crippen LogP contribution in [0, 0.1) is 17.8 Å². The van der Waals surface area contributed by atoms with Crippen molar-refractivity contribution in [3.8, 4) is 0 Å². The first-order valence-corrected chi connectivity index (χ1v) is 6.83. The van der Waals surface area contributed by atoms with Gasteiger partial charge in [0.25, 0.3) is 0 Å². The van der Waals surface area contributed by atoms with Gasteiger partial charge in [0.15, 0.2) is 0 Å². The van der Waals surface area contributed by atoms with Crippen LogP contribution in [0.1, 0.15) is 46.0 Å². The standard InChI is InChI=1S/C15H24O2/c1-11(2)13-6-7-15(12(3)10-17-15)14(9-13)5-4-8-16/h8,12-14H,1,4-7,9-10H2,2-3H3. The number of hydrogen-bond donors (Lipinski definition) is 0. The van der Waals surface area contributed by atoms with E-state index in [0.717, 1.165) is 32.2 Å². The molecule has 0 N–H and O–H groups in total. The Bertz CT molecular complexity index is 310. The number of aldehydes is 1. The molecule has 4 atom stereocenters. The topological polar surface area (TPSA) is 26.3 Å². The molecule has 1 aliphatic carbocycles. The zero-order valence-electron chi connectivity index (χ0n) is 11.1. The van der Waals surface area contributed by atoms with Gasteiger partial charge in [-0.25, -0.2) is 0 Å². The van der Waals surface area contributed by atoms with E-state index in [-0.39, 0.29) is 5.60 Å². The largest absolute Gasteiger partial charge is 0.374 e. The van der Waals surface area contributed by atoms with Crippen LogP contribution >= 0.6 is 0 Å². The van der Waals surface area contributed by atoms with Crippen LogP contribution in [-0.2, 0) is 9.53 Å². The summed E-state index contributed by atoms with van der Waals surface area (Å²) in [6.45, 7) is 9.41. The average molecular weight is 236 g/mol. The molecule has 0 aromatic carbocycles. The van der Waals surface area contributed by atoms with Gasteiger partial charge < -0.3 is 9.53 Å². The smallest absolute Gasteiger partial charge is 0.120 e. The van der Waals surface area contributed by atoms with E-state index in [1.807, 2.05) is 0 Å². The summed E-state index contributed by atoms with van der Waals surface area (Å²) in [4.78, 5) is 10.6. The Kier molecular flexibility index (Phi) is 3.72. The molecule has 0 radical (unpaired) electrons. The summed E-state index contributed by atoms with van der Waals surface area (Å²) < 4.78 is 5.96. The highest BCUT2D eigenvalue weighted by Crippen LogP contribution is 2.52. The van der Waals surface area contributed by atoms with Gasteiger partial charge in [0.05, 0.1) is 12.2 Å². The molecule has 2 heteroatoms. The average Bonchev–Trinajstić information content (AvgIpc) is 2.33. The molecule has 0 aromatic heterocycles. The van der Waals surface area contributed by atoms with Gasteiger partial charge in [-0.3, -0.25) is 0 Å². The summed E-state index contributed by atoms with van der Waals surface area (Å²) in [5, 5.41) is 0. The van der Waals surface area contributed by atoms with E-state index in [1.165, 1.54) is 12.0 Å². The van der Waals surface area contributed by atoms with E-state index >= 15 is 0 Å². The van der Waals surface area contributed by atoms with Gasteiger partial charge >= 0.3 is 0 Å². The van der Waals surface area contributed by atoms with E-state index in [4.69, 9.17) is 4.74 Å². The van der Waals surface area contributed by atoms with Crippen molar-refractivity contribution in [1.82, 2.24) is 0 Å². The lowest BCUT2D eigenvalue weighted by Gasteiger charge is -2.56. The molecule has 2 rings (SSSR count). The second kappa shape index (κ2) is 4.93. The molecule has 4 unspecified atom stereocenters. The summed E-state index contributed by atoms with van der Waals surface area (Å²) in [6.07, 6.45) is 6.21. The van der Waals surface area contributed by atoms with Crippen molar-refractivity contribution in [3.63, 3.8) is 0 Å². The fraction of sp³-hybridized carbons (Fsp3) is 0.800. The van der Waals surface area contributed by atoms with Crippen molar-refractivity contribution >= 4 is 6.29 Å². The third-order valence-electron chi connectivity index (χ3n) is 4.91. The minimum absolute atomic E-state index is 0.0922. The lowest BCUT2D eigenvalue weighted by atomic mass is 9.61. The minimum Gasteiger partial charge on any atom is -0.374 e. The highest BCUT2D eigenvalue weighted by molar-refractivity contribution is 5.49. The lowest BCUT2D eigenvalue weighted by Crippen LogP contribution is -2.59. The Hall–Kier alpha value is -0.630. The summed E-state index contributed by atoms with van der Waals surface area (Å²) >= 11 is 0. The Morgan fingerprint density at radius 3 is 2.82 bits per heavy atom. The molecule has 1 heterocycles. The molecule has 1 spiro atoms. The second-order valence-corrected chi connectivity index (χ2v) is 5.93. The molecular weight excluding hydrogens is 212 g/mol. The van der Waals surface area contributed by atoms with Crippen LogP contribution in [0.4, 0.5) is 0 Å². The maximum Gasteiger partial charge on any atom is 0.120 e. The third-order valence-corrected chi connectivity index (χ3v) is 4.91. The van der Waals surface area contributed by atoms with Gasteiger partial charge in [0.2, 0.25) is 0 Å². The highest BCUT2D eigenvalue weighted by Gasteiger charge is 2.53. The Morgan fingerprint density at radius 2 is 2.35 bits per heavy atom. The van der Waals surface area contributed by atoms with Gasteiger partial charge in [-0.1, -0.05) is 19.1 Å². The number of rotatable bonds is 4. The van der Waals surface area contributed by atoms with Crippen molar-refractivity contribution in [1.29, 1.82) is 0 Å². The van der Waals surface area contributed by atoms with Crippen molar-refractivity contribution < 1.29 is 9.53 Å². The van der Waals surface area contributed by atoms with Crippen LogP contribution in [0.25, 0.3) is 0 Å². The SMILES string of the molecule is C=C(C)C1CCC2(OCC2C)C(CCC=O)C1. The fourth-order valence-electron chi connectivity index (χ4n) is 3.65. The Balaban J connectivity index is 2.07. The molecule has 2 nitrogen and oxygen atoms in total. The Morgan fingerprint density at radius 1 is 1.59 bits per heavy atom. The monoisotopic (exact) mass is 236 g/mol. The maximum absolute atomic E-state index is 10.6. The predicted octanol–water partition coefficient (Wildman–Crippen LogP) is 3.36. The number of carbonyl (C=O) groups is 1. The molecule has 2 aliphatic rings. The van der Waals surface area contributed by atoms with Crippen LogP contribution in [0.2, 0.25) is 0 Å². The first kappa shape index (κ1) is 12.8. The summed E-state index contributed by atoms with van der Waals surface area (Å²) in [5.41, 5.74) is 1.39. The van der Waals surface area contributed by atoms with Crippen LogP contribution in [0.5, 0.6) is 0 Å². The van der Waals surface area contributed by atoms with Gasteiger partial charge in [-0.15, -0.1) is 0 Å². The Labute approximate surface area is 104 Å². The van der Waals surface area contributed by atoms with Crippen LogP contribution < -0.4 is 0 Å². The molecule has 0 amide bonds. The summed E-state index contributed by atoms with van der Waals surface area (Å²) in [7, 11) is 0. The molecule has 1 saturated carbocycles. The van der Waals surface area contributed by atoms with Crippen LogP contribution in [0.3, 0.4) is 0 Å². The van der Waals surface area contributed by atoms with E-state index in [1.54, 1.807) is 0 Å². The van der Waals surface area contributed by atoms with Crippen molar-refractivity contribution in [2.45, 2.75) is 51.6 Å². The zero-order chi connectivity index (χ0) is 12.5. The number of allylic oxidation sites excluding steroid dienone is 1. The number of ether oxygens (including phenoxy) is 1. The predicted molar refractivity (Wildman–Crippen MR) is 68.8 cm³/mol. The normalized spacial score (nSPS) is 40.9. The van der Waals surface area contributed by atoms with E-state index in [2.05, 4.69) is 20.4 Å². The maximum atomic E-state index is 10.6. The number of carbonyl (C=O) groups excluding carboxylic acids is 1. The molecule has 0 aromatic rings. The molecule has 96 valence electrons. The minimum atomic E-state index is 0.0922. The fourth-order valence-corrected chi connectivity index (χ4v) is 3.65. The van der Waals surface area contributed by atoms with Crippen molar-refractivity contribution in [2.75, 3.05) is 6.61 Å². The third kappa shape index (κ3) is 2.20. The first-order valence-electron chi connectivity index (χ1n) is 6.83. The molecule has 0 bridgehead atoms. The van der Waals surface area contributed by atoms with Crippen molar-refractivity contribution in [2.24, 2.45) is 17.8 Å². The molecule has 1 saturated heterocycles. The van der Waals surface area contributed by atoms with E-state index < -0.39 is 0 Å². The lowest BCUT2D eigenvalue weighted by molar-refractivity contribution is -0.246. The summed E-state index contributed by atoms with van der Waals surface area (Å²) in [6, 6.07) is 0. The molecule has 2 fully saturated rings. The van der Waals surface area contributed by atoms with Crippen LogP contribution in [0.15, 0.2) is 12.2 Å². The molecule has 17 heavy (non-hydrogen) atoms. The second-order valence-electron chi connectivity index (χ2n) is 5.93.